The maximum absolute atomic E-state index is 10.5. The highest BCUT2D eigenvalue weighted by Gasteiger charge is 2.10. The van der Waals surface area contributed by atoms with Crippen LogP contribution in [0.3, 0.4) is 0 Å². The lowest BCUT2D eigenvalue weighted by atomic mass is 10.1. The van der Waals surface area contributed by atoms with Crippen LogP contribution in [0.15, 0.2) is 53.5 Å². The van der Waals surface area contributed by atoms with Crippen molar-refractivity contribution in [2.24, 2.45) is 4.99 Å². The van der Waals surface area contributed by atoms with E-state index in [0.717, 1.165) is 16.9 Å². The van der Waals surface area contributed by atoms with Crippen LogP contribution in [-0.2, 0) is 6.54 Å². The molecule has 0 aliphatic heterocycles. The topological polar surface area (TPSA) is 89.7 Å². The molecule has 0 aliphatic rings. The number of nitrogens with zero attached hydrogens (tertiary/aromatic N) is 2. The Bertz CT molecular complexity index is 816. The summed E-state index contributed by atoms with van der Waals surface area (Å²) in [7, 11) is 0. The molecule has 0 radical (unpaired) electrons. The molecule has 2 aromatic rings. The second kappa shape index (κ2) is 13.0. The Morgan fingerprint density at radius 3 is 2.52 bits per heavy atom. The molecule has 6 nitrogen and oxygen atoms in total. The number of hydrogen-bond donors (Lipinski definition) is 3. The molecule has 2 rings (SSSR count). The van der Waals surface area contributed by atoms with Gasteiger partial charge in [-0.2, -0.15) is 5.26 Å². The van der Waals surface area contributed by atoms with Crippen molar-refractivity contribution in [2.45, 2.75) is 39.5 Å². The maximum atomic E-state index is 10.5. The Labute approximate surface area is 190 Å². The lowest BCUT2D eigenvalue weighted by Crippen LogP contribution is -2.39. The molecule has 0 saturated carbocycles. The molecule has 0 bridgehead atoms. The van der Waals surface area contributed by atoms with Crippen molar-refractivity contribution in [3.63, 3.8) is 0 Å². The van der Waals surface area contributed by atoms with Gasteiger partial charge in [0.25, 0.3) is 0 Å². The fourth-order valence-electron chi connectivity index (χ4n) is 2.58. The standard InChI is InChI=1S/C22H28N4O2.HI/c1-4-24-22(25-14-18-10-8-17(13-23)9-11-18)26-15-21(27)19-6-5-7-20(12-19)28-16(2)3;/h5-12,16,21,27H,4,14-15H2,1-3H3,(H2,24,25,26);1H. The molecule has 1 unspecified atom stereocenters. The molecule has 3 N–H and O–H groups in total. The van der Waals surface area contributed by atoms with Gasteiger partial charge in [-0.1, -0.05) is 24.3 Å². The number of aliphatic hydroxyl groups excluding tert-OH is 1. The van der Waals surface area contributed by atoms with Crippen LogP contribution in [0, 0.1) is 11.3 Å². The Kier molecular flexibility index (Phi) is 11.1. The molecule has 7 heteroatoms. The van der Waals surface area contributed by atoms with E-state index in [4.69, 9.17) is 10.00 Å². The van der Waals surface area contributed by atoms with Gasteiger partial charge in [-0.05, 0) is 56.2 Å². The van der Waals surface area contributed by atoms with Crippen LogP contribution < -0.4 is 15.4 Å². The summed E-state index contributed by atoms with van der Waals surface area (Å²) >= 11 is 0. The first-order chi connectivity index (χ1) is 13.5. The van der Waals surface area contributed by atoms with Crippen molar-refractivity contribution in [1.29, 1.82) is 5.26 Å². The number of nitriles is 1. The molecule has 0 heterocycles. The van der Waals surface area contributed by atoms with Crippen molar-refractivity contribution >= 4 is 29.9 Å². The summed E-state index contributed by atoms with van der Waals surface area (Å²) in [5.41, 5.74) is 2.42. The molecule has 0 spiro atoms. The van der Waals surface area contributed by atoms with Crippen LogP contribution in [0.2, 0.25) is 0 Å². The zero-order valence-corrected chi connectivity index (χ0v) is 19.4. The van der Waals surface area contributed by atoms with Gasteiger partial charge in [-0.3, -0.25) is 0 Å². The van der Waals surface area contributed by atoms with E-state index >= 15 is 0 Å². The minimum absolute atomic E-state index is 0. The van der Waals surface area contributed by atoms with E-state index in [1.807, 2.05) is 57.2 Å². The predicted octanol–water partition coefficient (Wildman–Crippen LogP) is 3.75. The van der Waals surface area contributed by atoms with Crippen LogP contribution >= 0.6 is 24.0 Å². The second-order valence-corrected chi connectivity index (χ2v) is 6.64. The molecule has 1 atom stereocenters. The number of aliphatic hydroxyl groups is 1. The second-order valence-electron chi connectivity index (χ2n) is 6.64. The van der Waals surface area contributed by atoms with Gasteiger partial charge in [-0.15, -0.1) is 24.0 Å². The van der Waals surface area contributed by atoms with E-state index in [1.54, 1.807) is 12.1 Å². The molecule has 0 aromatic heterocycles. The summed E-state index contributed by atoms with van der Waals surface area (Å²) in [5.74, 6) is 1.37. The molecular weight excluding hydrogens is 479 g/mol. The van der Waals surface area contributed by atoms with Crippen molar-refractivity contribution in [3.05, 3.63) is 65.2 Å². The van der Waals surface area contributed by atoms with Gasteiger partial charge in [0.15, 0.2) is 5.96 Å². The molecule has 0 fully saturated rings. The van der Waals surface area contributed by atoms with Crippen LogP contribution in [0.25, 0.3) is 0 Å². The number of halogens is 1. The molecule has 0 amide bonds. The molecule has 0 aliphatic carbocycles. The van der Waals surface area contributed by atoms with Crippen molar-refractivity contribution in [3.8, 4) is 11.8 Å². The Morgan fingerprint density at radius 2 is 1.90 bits per heavy atom. The number of nitrogens with one attached hydrogen (secondary N) is 2. The average Bonchev–Trinajstić information content (AvgIpc) is 2.70. The predicted molar refractivity (Wildman–Crippen MR) is 127 cm³/mol. The lowest BCUT2D eigenvalue weighted by molar-refractivity contribution is 0.179. The third-order valence-electron chi connectivity index (χ3n) is 3.92. The SMILES string of the molecule is CCNC(=NCc1ccc(C#N)cc1)NCC(O)c1cccc(OC(C)C)c1.I. The van der Waals surface area contributed by atoms with Gasteiger partial charge in [0, 0.05) is 13.1 Å². The Balaban J connectivity index is 0.00000420. The first-order valence-electron chi connectivity index (χ1n) is 9.47. The number of rotatable bonds is 8. The third-order valence-corrected chi connectivity index (χ3v) is 3.92. The molecule has 0 saturated heterocycles. The monoisotopic (exact) mass is 508 g/mol. The fraction of sp³-hybridized carbons (Fsp3) is 0.364. The van der Waals surface area contributed by atoms with Crippen molar-refractivity contribution in [2.75, 3.05) is 13.1 Å². The lowest BCUT2D eigenvalue weighted by Gasteiger charge is -2.17. The minimum atomic E-state index is -0.686. The fourth-order valence-corrected chi connectivity index (χ4v) is 2.58. The van der Waals surface area contributed by atoms with E-state index in [9.17, 15) is 5.11 Å². The Morgan fingerprint density at radius 1 is 1.17 bits per heavy atom. The van der Waals surface area contributed by atoms with Crippen molar-refractivity contribution < 1.29 is 9.84 Å². The zero-order valence-electron chi connectivity index (χ0n) is 17.1. The molecule has 29 heavy (non-hydrogen) atoms. The zero-order chi connectivity index (χ0) is 20.4. The Hall–Kier alpha value is -2.31. The van der Waals surface area contributed by atoms with E-state index in [2.05, 4.69) is 21.7 Å². The van der Waals surface area contributed by atoms with Crippen LogP contribution in [0.1, 0.15) is 43.6 Å². The van der Waals surface area contributed by atoms with Gasteiger partial charge in [-0.25, -0.2) is 4.99 Å². The summed E-state index contributed by atoms with van der Waals surface area (Å²) in [6, 6.07) is 16.9. The van der Waals surface area contributed by atoms with E-state index in [1.165, 1.54) is 0 Å². The van der Waals surface area contributed by atoms with Crippen LogP contribution in [0.4, 0.5) is 0 Å². The van der Waals surface area contributed by atoms with Crippen LogP contribution in [-0.4, -0.2) is 30.3 Å². The van der Waals surface area contributed by atoms with Gasteiger partial charge < -0.3 is 20.5 Å². The quantitative estimate of drug-likeness (QED) is 0.287. The summed E-state index contributed by atoms with van der Waals surface area (Å²) in [6.07, 6.45) is -0.602. The normalized spacial score (nSPS) is 11.9. The average molecular weight is 508 g/mol. The van der Waals surface area contributed by atoms with Crippen molar-refractivity contribution in [1.82, 2.24) is 10.6 Å². The summed E-state index contributed by atoms with van der Waals surface area (Å²) < 4.78 is 5.69. The largest absolute Gasteiger partial charge is 0.491 e. The highest BCUT2D eigenvalue weighted by Crippen LogP contribution is 2.20. The third kappa shape index (κ3) is 8.71. The molecule has 156 valence electrons. The number of guanidine groups is 1. The first-order valence-corrected chi connectivity index (χ1v) is 9.47. The number of ether oxygens (including phenoxy) is 1. The smallest absolute Gasteiger partial charge is 0.191 e. The van der Waals surface area contributed by atoms with Gasteiger partial charge in [0.2, 0.25) is 0 Å². The number of benzene rings is 2. The summed E-state index contributed by atoms with van der Waals surface area (Å²) in [4.78, 5) is 4.54. The van der Waals surface area contributed by atoms with Gasteiger partial charge in [0.05, 0.1) is 30.4 Å². The van der Waals surface area contributed by atoms with E-state index in [-0.39, 0.29) is 30.1 Å². The number of aliphatic imine (C=N–C) groups is 1. The van der Waals surface area contributed by atoms with E-state index in [0.29, 0.717) is 31.2 Å². The highest BCUT2D eigenvalue weighted by atomic mass is 127. The molecular formula is C22H29IN4O2. The number of hydrogen-bond acceptors (Lipinski definition) is 4. The minimum Gasteiger partial charge on any atom is -0.491 e. The molecule has 2 aromatic carbocycles. The van der Waals surface area contributed by atoms with Gasteiger partial charge in [0.1, 0.15) is 5.75 Å². The highest BCUT2D eigenvalue weighted by molar-refractivity contribution is 14.0. The van der Waals surface area contributed by atoms with Gasteiger partial charge >= 0.3 is 0 Å². The first kappa shape index (κ1) is 24.7. The maximum Gasteiger partial charge on any atom is 0.191 e. The summed E-state index contributed by atoms with van der Waals surface area (Å²) in [5, 5.41) is 25.7. The van der Waals surface area contributed by atoms with E-state index < -0.39 is 6.10 Å². The van der Waals surface area contributed by atoms with Crippen LogP contribution in [0.5, 0.6) is 5.75 Å². The summed E-state index contributed by atoms with van der Waals surface area (Å²) in [6.45, 7) is 7.45.